The Morgan fingerprint density at radius 1 is 1.30 bits per heavy atom. The van der Waals surface area contributed by atoms with E-state index in [0.717, 1.165) is 13.0 Å². The Hall–Kier alpha value is -1.09. The van der Waals surface area contributed by atoms with Crippen LogP contribution in [0, 0.1) is 0 Å². The maximum absolute atomic E-state index is 11.9. The third-order valence-corrected chi connectivity index (χ3v) is 2.66. The van der Waals surface area contributed by atoms with Crippen molar-refractivity contribution in [2.45, 2.75) is 19.5 Å². The Bertz CT molecular complexity index is 417. The van der Waals surface area contributed by atoms with Crippen LogP contribution < -0.4 is 10.6 Å². The van der Waals surface area contributed by atoms with Gasteiger partial charge in [-0.3, -0.25) is 0 Å². The first-order valence-corrected chi connectivity index (χ1v) is 6.86. The molecule has 0 radical (unpaired) electrons. The van der Waals surface area contributed by atoms with Gasteiger partial charge < -0.3 is 15.4 Å². The Balaban J connectivity index is 2.38. The average Bonchev–Trinajstić information content (AvgIpc) is 2.37. The first-order chi connectivity index (χ1) is 9.42. The molecule has 0 saturated heterocycles. The Labute approximate surface area is 123 Å². The van der Waals surface area contributed by atoms with Crippen LogP contribution in [0.15, 0.2) is 10.7 Å². The number of ether oxygens (including phenoxy) is 1. The van der Waals surface area contributed by atoms with Crippen molar-refractivity contribution < 1.29 is 17.9 Å². The smallest absolute Gasteiger partial charge is 0.370 e. The van der Waals surface area contributed by atoms with Crippen LogP contribution in [-0.2, 0) is 4.74 Å². The van der Waals surface area contributed by atoms with Crippen LogP contribution in [0.1, 0.15) is 13.3 Å². The van der Waals surface area contributed by atoms with Crippen LogP contribution in [0.3, 0.4) is 0 Å². The highest BCUT2D eigenvalue weighted by Crippen LogP contribution is 2.20. The van der Waals surface area contributed by atoms with Gasteiger partial charge in [-0.2, -0.15) is 18.2 Å². The number of rotatable bonds is 8. The molecule has 114 valence electrons. The SMILES string of the molecule is CCCNc1ncc(Br)c(NCCOCC(F)(F)F)n1. The van der Waals surface area contributed by atoms with Gasteiger partial charge >= 0.3 is 6.18 Å². The Kier molecular flexibility index (Phi) is 7.00. The van der Waals surface area contributed by atoms with Crippen molar-refractivity contribution >= 4 is 27.7 Å². The lowest BCUT2D eigenvalue weighted by molar-refractivity contribution is -0.172. The second-order valence-corrected chi connectivity index (χ2v) is 4.77. The third kappa shape index (κ3) is 6.90. The molecule has 0 fully saturated rings. The molecule has 1 heterocycles. The van der Waals surface area contributed by atoms with Gasteiger partial charge in [-0.1, -0.05) is 6.92 Å². The van der Waals surface area contributed by atoms with Gasteiger partial charge in [-0.15, -0.1) is 0 Å². The van der Waals surface area contributed by atoms with Gasteiger partial charge in [0.05, 0.1) is 11.1 Å². The summed E-state index contributed by atoms with van der Waals surface area (Å²) in [5, 5.41) is 5.91. The van der Waals surface area contributed by atoms with E-state index in [1.807, 2.05) is 6.92 Å². The fourth-order valence-corrected chi connectivity index (χ4v) is 1.57. The number of alkyl halides is 3. The molecule has 20 heavy (non-hydrogen) atoms. The molecule has 1 rings (SSSR count). The highest BCUT2D eigenvalue weighted by atomic mass is 79.9. The van der Waals surface area contributed by atoms with E-state index in [1.165, 1.54) is 0 Å². The molecule has 0 aliphatic heterocycles. The summed E-state index contributed by atoms with van der Waals surface area (Å²) >= 11 is 3.26. The van der Waals surface area contributed by atoms with Crippen LogP contribution in [0.5, 0.6) is 0 Å². The van der Waals surface area contributed by atoms with E-state index in [1.54, 1.807) is 6.20 Å². The monoisotopic (exact) mass is 356 g/mol. The quantitative estimate of drug-likeness (QED) is 0.701. The van der Waals surface area contributed by atoms with Crippen LogP contribution in [0.4, 0.5) is 24.9 Å². The maximum atomic E-state index is 11.9. The predicted molar refractivity (Wildman–Crippen MR) is 73.9 cm³/mol. The van der Waals surface area contributed by atoms with Crippen molar-refractivity contribution in [1.29, 1.82) is 0 Å². The summed E-state index contributed by atoms with van der Waals surface area (Å²) in [6.07, 6.45) is -1.79. The van der Waals surface area contributed by atoms with Crippen LogP contribution >= 0.6 is 15.9 Å². The molecule has 0 aliphatic rings. The van der Waals surface area contributed by atoms with E-state index < -0.39 is 12.8 Å². The molecule has 5 nitrogen and oxygen atoms in total. The lowest BCUT2D eigenvalue weighted by atomic mass is 10.5. The molecule has 0 bridgehead atoms. The van der Waals surface area contributed by atoms with E-state index in [0.29, 0.717) is 16.2 Å². The molecule has 0 spiro atoms. The summed E-state index contributed by atoms with van der Waals surface area (Å²) < 4.78 is 40.7. The maximum Gasteiger partial charge on any atom is 0.411 e. The molecule has 0 aliphatic carbocycles. The number of halogens is 4. The molecule has 1 aromatic heterocycles. The van der Waals surface area contributed by atoms with Crippen molar-refractivity contribution in [2.24, 2.45) is 0 Å². The van der Waals surface area contributed by atoms with Crippen molar-refractivity contribution in [3.05, 3.63) is 10.7 Å². The number of aromatic nitrogens is 2. The normalized spacial score (nSPS) is 11.4. The lowest BCUT2D eigenvalue weighted by Gasteiger charge is -2.11. The zero-order valence-corrected chi connectivity index (χ0v) is 12.5. The standard InChI is InChI=1S/C11H16BrF3N4O/c1-2-3-17-10-18-6-8(12)9(19-10)16-4-5-20-7-11(13,14)15/h6H,2-5,7H2,1H3,(H2,16,17,18,19). The average molecular weight is 357 g/mol. The molecule has 0 aromatic carbocycles. The third-order valence-electron chi connectivity index (χ3n) is 2.08. The van der Waals surface area contributed by atoms with Crippen LogP contribution in [0.25, 0.3) is 0 Å². The lowest BCUT2D eigenvalue weighted by Crippen LogP contribution is -2.20. The predicted octanol–water partition coefficient (Wildman–Crippen LogP) is 3.05. The number of hydrogen-bond acceptors (Lipinski definition) is 5. The molecule has 9 heteroatoms. The van der Waals surface area contributed by atoms with Gasteiger partial charge in [-0.05, 0) is 22.4 Å². The second kappa shape index (κ2) is 8.25. The Morgan fingerprint density at radius 3 is 2.70 bits per heavy atom. The van der Waals surface area contributed by atoms with Crippen LogP contribution in [0.2, 0.25) is 0 Å². The molecule has 0 atom stereocenters. The summed E-state index contributed by atoms with van der Waals surface area (Å²) in [5.41, 5.74) is 0. The fourth-order valence-electron chi connectivity index (χ4n) is 1.24. The molecule has 0 amide bonds. The first kappa shape index (κ1) is 17.0. The first-order valence-electron chi connectivity index (χ1n) is 6.07. The Morgan fingerprint density at radius 2 is 2.05 bits per heavy atom. The van der Waals surface area contributed by atoms with Gasteiger partial charge in [0, 0.05) is 19.3 Å². The van der Waals surface area contributed by atoms with Gasteiger partial charge in [0.15, 0.2) is 0 Å². The van der Waals surface area contributed by atoms with E-state index in [9.17, 15) is 13.2 Å². The zero-order valence-electron chi connectivity index (χ0n) is 10.9. The topological polar surface area (TPSA) is 59.1 Å². The highest BCUT2D eigenvalue weighted by Gasteiger charge is 2.27. The zero-order chi connectivity index (χ0) is 15.0. The minimum atomic E-state index is -4.30. The van der Waals surface area contributed by atoms with Crippen molar-refractivity contribution in [1.82, 2.24) is 9.97 Å². The minimum Gasteiger partial charge on any atom is -0.370 e. The van der Waals surface area contributed by atoms with Crippen LogP contribution in [-0.4, -0.2) is 42.4 Å². The highest BCUT2D eigenvalue weighted by molar-refractivity contribution is 9.10. The molecule has 0 unspecified atom stereocenters. The van der Waals surface area contributed by atoms with E-state index in [4.69, 9.17) is 0 Å². The molecule has 0 saturated carbocycles. The second-order valence-electron chi connectivity index (χ2n) is 3.91. The summed E-state index contributed by atoms with van der Waals surface area (Å²) in [4.78, 5) is 8.26. The van der Waals surface area contributed by atoms with Gasteiger partial charge in [0.2, 0.25) is 5.95 Å². The number of nitrogens with zero attached hydrogens (tertiary/aromatic N) is 2. The summed E-state index contributed by atoms with van der Waals surface area (Å²) in [6.45, 7) is 1.67. The number of anilines is 2. The summed E-state index contributed by atoms with van der Waals surface area (Å²) in [6, 6.07) is 0. The van der Waals surface area contributed by atoms with E-state index in [2.05, 4.69) is 41.3 Å². The van der Waals surface area contributed by atoms with Gasteiger partial charge in [0.25, 0.3) is 0 Å². The fraction of sp³-hybridized carbons (Fsp3) is 0.636. The molecular weight excluding hydrogens is 341 g/mol. The number of nitrogens with one attached hydrogen (secondary N) is 2. The molecular formula is C11H16BrF3N4O. The van der Waals surface area contributed by atoms with Crippen molar-refractivity contribution in [3.8, 4) is 0 Å². The van der Waals surface area contributed by atoms with Gasteiger partial charge in [0.1, 0.15) is 12.4 Å². The van der Waals surface area contributed by atoms with Crippen molar-refractivity contribution in [2.75, 3.05) is 36.9 Å². The largest absolute Gasteiger partial charge is 0.411 e. The minimum absolute atomic E-state index is 0.0618. The molecule has 2 N–H and O–H groups in total. The summed E-state index contributed by atoms with van der Waals surface area (Å²) in [5.74, 6) is 0.975. The molecule has 1 aromatic rings. The van der Waals surface area contributed by atoms with Gasteiger partial charge in [-0.25, -0.2) is 4.98 Å². The number of hydrogen-bond donors (Lipinski definition) is 2. The summed E-state index contributed by atoms with van der Waals surface area (Å²) in [7, 11) is 0. The van der Waals surface area contributed by atoms with Crippen molar-refractivity contribution in [3.63, 3.8) is 0 Å². The van der Waals surface area contributed by atoms with E-state index in [-0.39, 0.29) is 13.2 Å². The van der Waals surface area contributed by atoms with E-state index >= 15 is 0 Å².